The molecule has 0 saturated heterocycles. The predicted molar refractivity (Wildman–Crippen MR) is 58.8 cm³/mol. The Bertz CT molecular complexity index is 428. The highest BCUT2D eigenvalue weighted by Gasteiger charge is 2.24. The van der Waals surface area contributed by atoms with Gasteiger partial charge in [0.15, 0.2) is 0 Å². The standard InChI is InChI=1S/C13H13NO2/c14-9-11-7-3-4-8-12(11)16-13(15)10-5-1-2-6-10/h3-4,7-8,10H,1-2,5-6H2. The number of hydrogen-bond acceptors (Lipinski definition) is 3. The van der Waals surface area contributed by atoms with E-state index in [4.69, 9.17) is 10.00 Å². The van der Waals surface area contributed by atoms with Gasteiger partial charge in [0.25, 0.3) is 0 Å². The number of nitriles is 1. The second kappa shape index (κ2) is 4.80. The Balaban J connectivity index is 2.08. The number of ether oxygens (including phenoxy) is 1. The molecule has 1 saturated carbocycles. The summed E-state index contributed by atoms with van der Waals surface area (Å²) in [6.45, 7) is 0. The van der Waals surface area contributed by atoms with E-state index < -0.39 is 0 Å². The maximum Gasteiger partial charge on any atom is 0.314 e. The molecule has 0 aromatic heterocycles. The number of nitrogens with zero attached hydrogens (tertiary/aromatic N) is 1. The van der Waals surface area contributed by atoms with Gasteiger partial charge in [0.05, 0.1) is 11.5 Å². The van der Waals surface area contributed by atoms with Crippen molar-refractivity contribution in [1.29, 1.82) is 5.26 Å². The van der Waals surface area contributed by atoms with Crippen LogP contribution in [0.25, 0.3) is 0 Å². The van der Waals surface area contributed by atoms with Gasteiger partial charge in [-0.3, -0.25) is 4.79 Å². The third-order valence-electron chi connectivity index (χ3n) is 2.91. The minimum atomic E-state index is -0.194. The molecule has 82 valence electrons. The quantitative estimate of drug-likeness (QED) is 0.563. The molecule has 0 radical (unpaired) electrons. The van der Waals surface area contributed by atoms with Crippen molar-refractivity contribution < 1.29 is 9.53 Å². The highest BCUT2D eigenvalue weighted by atomic mass is 16.5. The van der Waals surface area contributed by atoms with E-state index in [2.05, 4.69) is 0 Å². The second-order valence-electron chi connectivity index (χ2n) is 4.01. The first-order valence-corrected chi connectivity index (χ1v) is 5.52. The van der Waals surface area contributed by atoms with Crippen LogP contribution >= 0.6 is 0 Å². The Hall–Kier alpha value is -1.82. The van der Waals surface area contributed by atoms with Crippen molar-refractivity contribution >= 4 is 5.97 Å². The first kappa shape index (κ1) is 10.7. The highest BCUT2D eigenvalue weighted by Crippen LogP contribution is 2.27. The van der Waals surface area contributed by atoms with E-state index in [1.54, 1.807) is 24.3 Å². The zero-order chi connectivity index (χ0) is 11.4. The third-order valence-corrected chi connectivity index (χ3v) is 2.91. The van der Waals surface area contributed by atoms with Gasteiger partial charge in [-0.25, -0.2) is 0 Å². The second-order valence-corrected chi connectivity index (χ2v) is 4.01. The summed E-state index contributed by atoms with van der Waals surface area (Å²) in [4.78, 5) is 11.8. The van der Waals surface area contributed by atoms with E-state index in [1.807, 2.05) is 6.07 Å². The van der Waals surface area contributed by atoms with E-state index in [9.17, 15) is 4.79 Å². The smallest absolute Gasteiger partial charge is 0.314 e. The lowest BCUT2D eigenvalue weighted by molar-refractivity contribution is -0.138. The minimum Gasteiger partial charge on any atom is -0.425 e. The molecular formula is C13H13NO2. The van der Waals surface area contributed by atoms with Crippen molar-refractivity contribution in [2.24, 2.45) is 5.92 Å². The molecule has 1 aromatic carbocycles. The molecule has 3 nitrogen and oxygen atoms in total. The summed E-state index contributed by atoms with van der Waals surface area (Å²) in [6.07, 6.45) is 4.01. The molecule has 1 aliphatic carbocycles. The van der Waals surface area contributed by atoms with E-state index in [0.29, 0.717) is 11.3 Å². The Kier molecular flexibility index (Phi) is 3.21. The molecule has 0 amide bonds. The molecule has 2 rings (SSSR count). The average molecular weight is 215 g/mol. The minimum absolute atomic E-state index is 0.0201. The fourth-order valence-corrected chi connectivity index (χ4v) is 2.00. The first-order chi connectivity index (χ1) is 7.81. The monoisotopic (exact) mass is 215 g/mol. The van der Waals surface area contributed by atoms with Crippen LogP contribution in [0, 0.1) is 17.2 Å². The predicted octanol–water partition coefficient (Wildman–Crippen LogP) is 2.65. The lowest BCUT2D eigenvalue weighted by atomic mass is 10.1. The van der Waals surface area contributed by atoms with Crippen molar-refractivity contribution in [2.75, 3.05) is 0 Å². The van der Waals surface area contributed by atoms with Gasteiger partial charge < -0.3 is 4.74 Å². The molecule has 1 aromatic rings. The van der Waals surface area contributed by atoms with Gasteiger partial charge in [-0.15, -0.1) is 0 Å². The average Bonchev–Trinajstić information content (AvgIpc) is 2.83. The van der Waals surface area contributed by atoms with Crippen molar-refractivity contribution in [1.82, 2.24) is 0 Å². The van der Waals surface area contributed by atoms with Crippen LogP contribution in [0.3, 0.4) is 0 Å². The highest BCUT2D eigenvalue weighted by molar-refractivity contribution is 5.76. The summed E-state index contributed by atoms with van der Waals surface area (Å²) in [7, 11) is 0. The van der Waals surface area contributed by atoms with E-state index in [1.165, 1.54) is 0 Å². The maximum atomic E-state index is 11.8. The van der Waals surface area contributed by atoms with Crippen LogP contribution in [-0.2, 0) is 4.79 Å². The normalized spacial score (nSPS) is 15.7. The van der Waals surface area contributed by atoms with Gasteiger partial charge in [-0.2, -0.15) is 5.26 Å². The number of carbonyl (C=O) groups excluding carboxylic acids is 1. The molecular weight excluding hydrogens is 202 g/mol. The number of esters is 1. The fraction of sp³-hybridized carbons (Fsp3) is 0.385. The zero-order valence-electron chi connectivity index (χ0n) is 8.98. The van der Waals surface area contributed by atoms with E-state index in [0.717, 1.165) is 25.7 Å². The maximum absolute atomic E-state index is 11.8. The van der Waals surface area contributed by atoms with Crippen molar-refractivity contribution in [2.45, 2.75) is 25.7 Å². The van der Waals surface area contributed by atoms with Crippen LogP contribution in [0.2, 0.25) is 0 Å². The summed E-state index contributed by atoms with van der Waals surface area (Å²) in [6, 6.07) is 8.84. The molecule has 0 bridgehead atoms. The molecule has 3 heteroatoms. The number of para-hydroxylation sites is 1. The molecule has 0 N–H and O–H groups in total. The summed E-state index contributed by atoms with van der Waals surface area (Å²) >= 11 is 0. The Labute approximate surface area is 94.6 Å². The van der Waals surface area contributed by atoms with E-state index in [-0.39, 0.29) is 11.9 Å². The largest absolute Gasteiger partial charge is 0.425 e. The zero-order valence-corrected chi connectivity index (χ0v) is 8.98. The van der Waals surface area contributed by atoms with Crippen LogP contribution in [0.4, 0.5) is 0 Å². The molecule has 1 fully saturated rings. The van der Waals surface area contributed by atoms with Crippen molar-refractivity contribution in [3.63, 3.8) is 0 Å². The van der Waals surface area contributed by atoms with Crippen LogP contribution in [0.5, 0.6) is 5.75 Å². The third kappa shape index (κ3) is 2.22. The van der Waals surface area contributed by atoms with Gasteiger partial charge >= 0.3 is 5.97 Å². The summed E-state index contributed by atoms with van der Waals surface area (Å²) in [5.74, 6) is 0.203. The molecule has 0 aliphatic heterocycles. The molecule has 0 spiro atoms. The van der Waals surface area contributed by atoms with Crippen LogP contribution < -0.4 is 4.74 Å². The van der Waals surface area contributed by atoms with Gasteiger partial charge in [0.1, 0.15) is 11.8 Å². The Morgan fingerprint density at radius 2 is 2.00 bits per heavy atom. The summed E-state index contributed by atoms with van der Waals surface area (Å²) in [5.41, 5.74) is 0.411. The van der Waals surface area contributed by atoms with Crippen LogP contribution in [0.1, 0.15) is 31.2 Å². The summed E-state index contributed by atoms with van der Waals surface area (Å²) < 4.78 is 5.26. The number of benzene rings is 1. The molecule has 0 atom stereocenters. The van der Waals surface area contributed by atoms with Gasteiger partial charge in [0, 0.05) is 0 Å². The lowest BCUT2D eigenvalue weighted by Crippen LogP contribution is -2.18. The molecule has 1 aliphatic rings. The SMILES string of the molecule is N#Cc1ccccc1OC(=O)C1CCCC1. The van der Waals surface area contributed by atoms with Gasteiger partial charge in [-0.1, -0.05) is 25.0 Å². The van der Waals surface area contributed by atoms with Crippen molar-refractivity contribution in [3.05, 3.63) is 29.8 Å². The lowest BCUT2D eigenvalue weighted by Gasteiger charge is -2.09. The Morgan fingerprint density at radius 3 is 2.69 bits per heavy atom. The number of hydrogen-bond donors (Lipinski definition) is 0. The molecule has 16 heavy (non-hydrogen) atoms. The fourth-order valence-electron chi connectivity index (χ4n) is 2.00. The van der Waals surface area contributed by atoms with E-state index >= 15 is 0 Å². The molecule has 0 unspecified atom stereocenters. The topological polar surface area (TPSA) is 50.1 Å². The summed E-state index contributed by atoms with van der Waals surface area (Å²) in [5, 5.41) is 8.86. The number of rotatable bonds is 2. The van der Waals surface area contributed by atoms with Crippen molar-refractivity contribution in [3.8, 4) is 11.8 Å². The molecule has 0 heterocycles. The first-order valence-electron chi connectivity index (χ1n) is 5.52. The number of carbonyl (C=O) groups is 1. The van der Waals surface area contributed by atoms with Gasteiger partial charge in [0.2, 0.25) is 0 Å². The Morgan fingerprint density at radius 1 is 1.31 bits per heavy atom. The van der Waals surface area contributed by atoms with Crippen LogP contribution in [-0.4, -0.2) is 5.97 Å². The van der Waals surface area contributed by atoms with Gasteiger partial charge in [-0.05, 0) is 25.0 Å². The van der Waals surface area contributed by atoms with Crippen LogP contribution in [0.15, 0.2) is 24.3 Å².